The zero-order chi connectivity index (χ0) is 9.82. The van der Waals surface area contributed by atoms with Gasteiger partial charge < -0.3 is 26.1 Å². The van der Waals surface area contributed by atoms with Gasteiger partial charge >= 0.3 is 29.6 Å². The van der Waals surface area contributed by atoms with E-state index in [1.54, 1.807) is 0 Å². The van der Waals surface area contributed by atoms with E-state index in [2.05, 4.69) is 17.3 Å². The summed E-state index contributed by atoms with van der Waals surface area (Å²) in [6, 6.07) is 0. The number of nitrogens with one attached hydrogen (secondary N) is 1. The summed E-state index contributed by atoms with van der Waals surface area (Å²) in [6.07, 6.45) is 0. The van der Waals surface area contributed by atoms with Crippen molar-refractivity contribution in [1.29, 1.82) is 0 Å². The van der Waals surface area contributed by atoms with Crippen molar-refractivity contribution in [2.75, 3.05) is 40.3 Å². The van der Waals surface area contributed by atoms with Gasteiger partial charge in [-0.15, -0.1) is 5.34 Å². The Morgan fingerprint density at radius 1 is 1.54 bits per heavy atom. The molecule has 0 saturated heterocycles. The summed E-state index contributed by atoms with van der Waals surface area (Å²) in [7, 11) is 4.03. The molecule has 0 atom stereocenters. The molecule has 7 heteroatoms. The van der Waals surface area contributed by atoms with Crippen LogP contribution in [0.15, 0.2) is 5.34 Å². The van der Waals surface area contributed by atoms with Crippen molar-refractivity contribution in [2.45, 2.75) is 0 Å². The van der Waals surface area contributed by atoms with E-state index in [-0.39, 0.29) is 29.6 Å². The van der Waals surface area contributed by atoms with Crippen LogP contribution < -0.4 is 40.6 Å². The zero-order valence-corrected chi connectivity index (χ0v) is 10.6. The Morgan fingerprint density at radius 2 is 2.00 bits per heavy atom. The van der Waals surface area contributed by atoms with Crippen LogP contribution in [-0.2, 0) is 0 Å². The van der Waals surface area contributed by atoms with Gasteiger partial charge in [0.15, 0.2) is 0 Å². The average Bonchev–Trinajstić information content (AvgIpc) is 2.03. The van der Waals surface area contributed by atoms with E-state index < -0.39 is 0 Å². The number of hydrogen-bond acceptors (Lipinski definition) is 6. The molecule has 13 heavy (non-hydrogen) atoms. The molecule has 0 radical (unpaired) electrons. The molecule has 0 aliphatic heterocycles. The van der Waals surface area contributed by atoms with Gasteiger partial charge in [-0.05, 0) is 14.1 Å². The first kappa shape index (κ1) is 18.9. The third-order valence-corrected chi connectivity index (χ3v) is 1.25. The molecule has 0 saturated carbocycles. The summed E-state index contributed by atoms with van der Waals surface area (Å²) in [5.41, 5.74) is 5.34. The van der Waals surface area contributed by atoms with Gasteiger partial charge in [-0.25, -0.2) is 0 Å². The van der Waals surface area contributed by atoms with Crippen LogP contribution in [0, 0.1) is 10.1 Å². The smallest absolute Gasteiger partial charge is 0.444 e. The molecule has 0 aromatic heterocycles. The maximum absolute atomic E-state index is 8.00. The SMILES string of the molecule is CNCCN(C)CCN.O=N[O-].[Na+]. The number of likely N-dealkylation sites (N-methyl/N-ethyl adjacent to an activating group) is 2. The van der Waals surface area contributed by atoms with Crippen molar-refractivity contribution in [3.8, 4) is 0 Å². The largest absolute Gasteiger partial charge is 1.00 e. The van der Waals surface area contributed by atoms with Gasteiger partial charge in [0.05, 0.1) is 0 Å². The minimum absolute atomic E-state index is 0. The minimum Gasteiger partial charge on any atom is -0.444 e. The fourth-order valence-electron chi connectivity index (χ4n) is 0.635. The van der Waals surface area contributed by atoms with Crippen molar-refractivity contribution < 1.29 is 29.6 Å². The third kappa shape index (κ3) is 24.5. The normalized spacial score (nSPS) is 8.31. The Bertz CT molecular complexity index is 96.7. The molecule has 0 rings (SSSR count). The topological polar surface area (TPSA) is 93.8 Å². The molecule has 0 heterocycles. The van der Waals surface area contributed by atoms with Crippen LogP contribution in [0.4, 0.5) is 0 Å². The maximum atomic E-state index is 8.00. The predicted molar refractivity (Wildman–Crippen MR) is 49.6 cm³/mol. The van der Waals surface area contributed by atoms with Crippen molar-refractivity contribution in [3.63, 3.8) is 0 Å². The van der Waals surface area contributed by atoms with Crippen LogP contribution in [0.25, 0.3) is 0 Å². The Labute approximate surface area is 101 Å². The summed E-state index contributed by atoms with van der Waals surface area (Å²) >= 11 is 0. The Kier molecular flexibility index (Phi) is 26.4. The van der Waals surface area contributed by atoms with E-state index in [1.165, 1.54) is 0 Å². The predicted octanol–water partition coefficient (Wildman–Crippen LogP) is -3.65. The quantitative estimate of drug-likeness (QED) is 0.271. The van der Waals surface area contributed by atoms with Gasteiger partial charge in [-0.3, -0.25) is 0 Å². The standard InChI is InChI=1S/C6H17N3.HNO2.Na/c1-8-4-6-9(2)5-3-7;2-1-3;/h8H,3-7H2,1-2H3;(H,2,3);/q;;+1/p-1. The molecule has 0 spiro atoms. The summed E-state index contributed by atoms with van der Waals surface area (Å²) in [5, 5.41) is 12.1. The van der Waals surface area contributed by atoms with Crippen LogP contribution in [0.3, 0.4) is 0 Å². The molecule has 0 aliphatic carbocycles. The molecule has 0 amide bonds. The molecule has 0 aliphatic rings. The Balaban J connectivity index is -0.000000220. The first-order valence-corrected chi connectivity index (χ1v) is 3.71. The number of nitrogens with zero attached hydrogens (tertiary/aromatic N) is 2. The number of hydrogen-bond donors (Lipinski definition) is 2. The average molecular weight is 200 g/mol. The van der Waals surface area contributed by atoms with E-state index >= 15 is 0 Å². The second kappa shape index (κ2) is 18.1. The first-order valence-electron chi connectivity index (χ1n) is 3.71. The van der Waals surface area contributed by atoms with Crippen molar-refractivity contribution in [1.82, 2.24) is 10.2 Å². The minimum atomic E-state index is 0. The molecular formula is C6H17N4NaO2. The zero-order valence-electron chi connectivity index (χ0n) is 8.62. The van der Waals surface area contributed by atoms with E-state index in [9.17, 15) is 0 Å². The Morgan fingerprint density at radius 3 is 2.31 bits per heavy atom. The molecular weight excluding hydrogens is 183 g/mol. The van der Waals surface area contributed by atoms with Gasteiger partial charge in [-0.2, -0.15) is 0 Å². The van der Waals surface area contributed by atoms with Crippen LogP contribution in [0.5, 0.6) is 0 Å². The molecule has 74 valence electrons. The maximum Gasteiger partial charge on any atom is 1.00 e. The van der Waals surface area contributed by atoms with E-state index in [1.807, 2.05) is 7.05 Å². The van der Waals surface area contributed by atoms with E-state index in [0.29, 0.717) is 0 Å². The molecule has 0 bridgehead atoms. The van der Waals surface area contributed by atoms with Gasteiger partial charge in [-0.1, -0.05) is 0 Å². The molecule has 0 aromatic rings. The van der Waals surface area contributed by atoms with Gasteiger partial charge in [0.1, 0.15) is 0 Å². The Hall–Kier alpha value is 0.280. The van der Waals surface area contributed by atoms with Crippen molar-refractivity contribution >= 4 is 0 Å². The summed E-state index contributed by atoms with van der Waals surface area (Å²) in [4.78, 5) is 10.2. The number of nitrogens with two attached hydrogens (primary N) is 1. The monoisotopic (exact) mass is 200 g/mol. The molecule has 0 unspecified atom stereocenters. The summed E-state index contributed by atoms with van der Waals surface area (Å²) < 4.78 is 0. The van der Waals surface area contributed by atoms with Crippen LogP contribution in [0.1, 0.15) is 0 Å². The van der Waals surface area contributed by atoms with Crippen LogP contribution >= 0.6 is 0 Å². The number of rotatable bonds is 5. The van der Waals surface area contributed by atoms with E-state index in [0.717, 1.165) is 31.5 Å². The molecule has 0 fully saturated rings. The molecule has 0 aromatic carbocycles. The first-order chi connectivity index (χ1) is 5.72. The van der Waals surface area contributed by atoms with Crippen molar-refractivity contribution in [3.05, 3.63) is 10.1 Å². The second-order valence-electron chi connectivity index (χ2n) is 2.27. The molecule has 6 nitrogen and oxygen atoms in total. The third-order valence-electron chi connectivity index (χ3n) is 1.25. The van der Waals surface area contributed by atoms with E-state index in [4.69, 9.17) is 15.8 Å². The van der Waals surface area contributed by atoms with Crippen LogP contribution in [-0.4, -0.2) is 45.2 Å². The summed E-state index contributed by atoms with van der Waals surface area (Å²) in [5.74, 6) is 0. The van der Waals surface area contributed by atoms with Crippen molar-refractivity contribution in [2.24, 2.45) is 11.1 Å². The van der Waals surface area contributed by atoms with Gasteiger partial charge in [0.2, 0.25) is 0 Å². The van der Waals surface area contributed by atoms with Gasteiger partial charge in [0, 0.05) is 26.2 Å². The molecule has 3 N–H and O–H groups in total. The fourth-order valence-corrected chi connectivity index (χ4v) is 0.635. The summed E-state index contributed by atoms with van der Waals surface area (Å²) in [6.45, 7) is 3.85. The fraction of sp³-hybridized carbons (Fsp3) is 1.00. The second-order valence-corrected chi connectivity index (χ2v) is 2.27. The van der Waals surface area contributed by atoms with Crippen LogP contribution in [0.2, 0.25) is 0 Å². The van der Waals surface area contributed by atoms with Gasteiger partial charge in [0.25, 0.3) is 0 Å².